The molecule has 0 atom stereocenters. The Kier molecular flexibility index (Phi) is 5.39. The molecule has 6 nitrogen and oxygen atoms in total. The zero-order chi connectivity index (χ0) is 19.5. The summed E-state index contributed by atoms with van der Waals surface area (Å²) in [5, 5.41) is 13.6. The van der Waals surface area contributed by atoms with Gasteiger partial charge in [0, 0.05) is 24.8 Å². The second-order valence-electron chi connectivity index (χ2n) is 7.45. The second kappa shape index (κ2) is 8.10. The molecule has 1 fully saturated rings. The van der Waals surface area contributed by atoms with Gasteiger partial charge < -0.3 is 19.7 Å². The topological polar surface area (TPSA) is 62.5 Å². The zero-order valence-electron chi connectivity index (χ0n) is 16.6. The van der Waals surface area contributed by atoms with Crippen LogP contribution in [0.1, 0.15) is 30.7 Å². The van der Waals surface area contributed by atoms with Crippen molar-refractivity contribution in [3.8, 4) is 11.5 Å². The van der Waals surface area contributed by atoms with Crippen LogP contribution in [-0.4, -0.2) is 39.8 Å². The normalized spacial score (nSPS) is 15.1. The number of nitrogens with zero attached hydrogens (tertiary/aromatic N) is 3. The number of fused-ring (bicyclic) bond motifs is 1. The Hall–Kier alpha value is -2.73. The summed E-state index contributed by atoms with van der Waals surface area (Å²) in [7, 11) is 3.65. The fraction of sp³-hybridized carbons (Fsp3) is 0.409. The number of aromatic nitrogens is 2. The number of nitrogens with one attached hydrogen (secondary N) is 1. The van der Waals surface area contributed by atoms with Crippen LogP contribution in [0.2, 0.25) is 0 Å². The Labute approximate surface area is 165 Å². The first-order valence-electron chi connectivity index (χ1n) is 9.92. The lowest BCUT2D eigenvalue weighted by atomic mass is 10.1. The van der Waals surface area contributed by atoms with Gasteiger partial charge in [-0.2, -0.15) is 0 Å². The van der Waals surface area contributed by atoms with Crippen LogP contribution >= 0.6 is 0 Å². The number of likely N-dealkylation sites (tertiary alicyclic amines) is 1. The van der Waals surface area contributed by atoms with E-state index < -0.39 is 0 Å². The monoisotopic (exact) mass is 380 g/mol. The van der Waals surface area contributed by atoms with Crippen molar-refractivity contribution in [2.24, 2.45) is 7.05 Å². The van der Waals surface area contributed by atoms with E-state index in [1.807, 2.05) is 12.1 Å². The van der Waals surface area contributed by atoms with E-state index in [-0.39, 0.29) is 5.75 Å². The summed E-state index contributed by atoms with van der Waals surface area (Å²) in [5.74, 6) is 1.78. The van der Waals surface area contributed by atoms with Gasteiger partial charge in [0.25, 0.3) is 0 Å². The lowest BCUT2D eigenvalue weighted by Gasteiger charge is -2.25. The highest BCUT2D eigenvalue weighted by molar-refractivity contribution is 5.80. The molecule has 0 unspecified atom stereocenters. The molecule has 2 aromatic carbocycles. The van der Waals surface area contributed by atoms with Crippen LogP contribution in [0.5, 0.6) is 11.5 Å². The number of piperidine rings is 1. The van der Waals surface area contributed by atoms with Crippen LogP contribution in [0.3, 0.4) is 0 Å². The van der Waals surface area contributed by atoms with Gasteiger partial charge in [0.05, 0.1) is 24.7 Å². The van der Waals surface area contributed by atoms with E-state index in [2.05, 4.69) is 40.0 Å². The van der Waals surface area contributed by atoms with Crippen LogP contribution in [0.15, 0.2) is 36.4 Å². The molecule has 2 N–H and O–H groups in total. The average Bonchev–Trinajstić information content (AvgIpc) is 3.03. The molecule has 0 saturated carbocycles. The van der Waals surface area contributed by atoms with Crippen molar-refractivity contribution >= 4 is 16.7 Å². The highest BCUT2D eigenvalue weighted by atomic mass is 16.5. The van der Waals surface area contributed by atoms with Crippen molar-refractivity contribution in [1.82, 2.24) is 14.5 Å². The highest BCUT2D eigenvalue weighted by Gasteiger charge is 2.15. The Balaban J connectivity index is 1.50. The number of ether oxygens (including phenoxy) is 1. The summed E-state index contributed by atoms with van der Waals surface area (Å²) in [5.41, 5.74) is 3.92. The predicted molar refractivity (Wildman–Crippen MR) is 112 cm³/mol. The first kappa shape index (κ1) is 18.6. The van der Waals surface area contributed by atoms with E-state index in [0.29, 0.717) is 12.3 Å². The Morgan fingerprint density at radius 1 is 1.14 bits per heavy atom. The van der Waals surface area contributed by atoms with E-state index >= 15 is 0 Å². The molecular weight excluding hydrogens is 352 g/mol. The standard InChI is InChI=1S/C22H28N4O2/c1-25-19-10-9-17(23-14-16-7-6-8-20(28-2)22(16)27)13-18(19)24-21(25)15-26-11-4-3-5-12-26/h6-10,13,23,27H,3-5,11-12,14-15H2,1-2H3. The summed E-state index contributed by atoms with van der Waals surface area (Å²) >= 11 is 0. The van der Waals surface area contributed by atoms with Crippen molar-refractivity contribution in [2.45, 2.75) is 32.4 Å². The van der Waals surface area contributed by atoms with Gasteiger partial charge in [-0.3, -0.25) is 4.90 Å². The summed E-state index contributed by atoms with van der Waals surface area (Å²) in [6.45, 7) is 3.76. The number of anilines is 1. The average molecular weight is 380 g/mol. The number of para-hydroxylation sites is 1. The van der Waals surface area contributed by atoms with Crippen molar-refractivity contribution in [3.05, 3.63) is 47.8 Å². The summed E-state index contributed by atoms with van der Waals surface area (Å²) in [6, 6.07) is 11.8. The number of rotatable bonds is 6. The minimum absolute atomic E-state index is 0.181. The molecule has 0 bridgehead atoms. The smallest absolute Gasteiger partial charge is 0.162 e. The Bertz CT molecular complexity index is 961. The SMILES string of the molecule is COc1cccc(CNc2ccc3c(c2)nc(CN2CCCCC2)n3C)c1O. The molecule has 0 spiro atoms. The van der Waals surface area contributed by atoms with Crippen LogP contribution in [0.4, 0.5) is 5.69 Å². The predicted octanol–water partition coefficient (Wildman–Crippen LogP) is 3.89. The summed E-state index contributed by atoms with van der Waals surface area (Å²) in [6.07, 6.45) is 3.92. The van der Waals surface area contributed by atoms with Gasteiger partial charge in [-0.05, 0) is 50.2 Å². The molecule has 1 aromatic heterocycles. The summed E-state index contributed by atoms with van der Waals surface area (Å²) in [4.78, 5) is 7.37. The van der Waals surface area contributed by atoms with Gasteiger partial charge in [-0.25, -0.2) is 4.98 Å². The zero-order valence-corrected chi connectivity index (χ0v) is 16.6. The molecule has 148 valence electrons. The van der Waals surface area contributed by atoms with Crippen molar-refractivity contribution in [3.63, 3.8) is 0 Å². The molecular formula is C22H28N4O2. The third kappa shape index (κ3) is 3.78. The first-order valence-corrected chi connectivity index (χ1v) is 9.92. The highest BCUT2D eigenvalue weighted by Crippen LogP contribution is 2.30. The maximum Gasteiger partial charge on any atom is 0.162 e. The molecule has 1 aliphatic rings. The largest absolute Gasteiger partial charge is 0.504 e. The first-order chi connectivity index (χ1) is 13.7. The van der Waals surface area contributed by atoms with Gasteiger partial charge in [0.1, 0.15) is 5.82 Å². The van der Waals surface area contributed by atoms with Crippen LogP contribution in [0, 0.1) is 0 Å². The Morgan fingerprint density at radius 3 is 2.75 bits per heavy atom. The molecule has 3 aromatic rings. The lowest BCUT2D eigenvalue weighted by Crippen LogP contribution is -2.30. The fourth-order valence-corrected chi connectivity index (χ4v) is 3.89. The number of methoxy groups -OCH3 is 1. The molecule has 0 amide bonds. The number of aromatic hydroxyl groups is 1. The molecule has 4 rings (SSSR count). The molecule has 2 heterocycles. The van der Waals surface area contributed by atoms with Crippen molar-refractivity contribution < 1.29 is 9.84 Å². The molecule has 28 heavy (non-hydrogen) atoms. The van der Waals surface area contributed by atoms with E-state index in [0.717, 1.165) is 34.7 Å². The van der Waals surface area contributed by atoms with Crippen molar-refractivity contribution in [2.75, 3.05) is 25.5 Å². The molecule has 0 radical (unpaired) electrons. The van der Waals surface area contributed by atoms with Gasteiger partial charge in [0.2, 0.25) is 0 Å². The quantitative estimate of drug-likeness (QED) is 0.679. The minimum Gasteiger partial charge on any atom is -0.504 e. The number of phenols is 1. The molecule has 6 heteroatoms. The van der Waals surface area contributed by atoms with E-state index in [1.165, 1.54) is 32.4 Å². The van der Waals surface area contributed by atoms with E-state index in [1.54, 1.807) is 13.2 Å². The maximum absolute atomic E-state index is 10.2. The van der Waals surface area contributed by atoms with Gasteiger partial charge in [0.15, 0.2) is 11.5 Å². The van der Waals surface area contributed by atoms with Gasteiger partial charge in [-0.1, -0.05) is 18.6 Å². The van der Waals surface area contributed by atoms with Crippen LogP contribution < -0.4 is 10.1 Å². The van der Waals surface area contributed by atoms with Crippen LogP contribution in [0.25, 0.3) is 11.0 Å². The number of aryl methyl sites for hydroxylation is 1. The Morgan fingerprint density at radius 2 is 1.96 bits per heavy atom. The third-order valence-electron chi connectivity index (χ3n) is 5.57. The third-order valence-corrected chi connectivity index (χ3v) is 5.57. The van der Waals surface area contributed by atoms with Crippen molar-refractivity contribution in [1.29, 1.82) is 0 Å². The van der Waals surface area contributed by atoms with Gasteiger partial charge >= 0.3 is 0 Å². The molecule has 0 aliphatic carbocycles. The molecule has 1 saturated heterocycles. The minimum atomic E-state index is 0.181. The van der Waals surface area contributed by atoms with Gasteiger partial charge in [-0.15, -0.1) is 0 Å². The molecule has 1 aliphatic heterocycles. The maximum atomic E-state index is 10.2. The second-order valence-corrected chi connectivity index (χ2v) is 7.45. The van der Waals surface area contributed by atoms with Crippen LogP contribution in [-0.2, 0) is 20.1 Å². The number of hydrogen-bond donors (Lipinski definition) is 2. The number of phenolic OH excluding ortho intramolecular Hbond substituents is 1. The lowest BCUT2D eigenvalue weighted by molar-refractivity contribution is 0.214. The van der Waals surface area contributed by atoms with E-state index in [4.69, 9.17) is 9.72 Å². The fourth-order valence-electron chi connectivity index (χ4n) is 3.89. The number of imidazole rings is 1. The number of hydrogen-bond acceptors (Lipinski definition) is 5. The number of benzene rings is 2. The summed E-state index contributed by atoms with van der Waals surface area (Å²) < 4.78 is 7.38. The van der Waals surface area contributed by atoms with E-state index in [9.17, 15) is 5.11 Å².